The lowest BCUT2D eigenvalue weighted by molar-refractivity contribution is 0.271. The zero-order chi connectivity index (χ0) is 18.2. The summed E-state index contributed by atoms with van der Waals surface area (Å²) in [4.78, 5) is 2.45. The molecule has 2 nitrogen and oxygen atoms in total. The van der Waals surface area contributed by atoms with Crippen molar-refractivity contribution in [3.63, 3.8) is 0 Å². The molecule has 1 aliphatic heterocycles. The van der Waals surface area contributed by atoms with Gasteiger partial charge in [-0.2, -0.15) is 0 Å². The number of benzene rings is 2. The Bertz CT molecular complexity index is 707. The van der Waals surface area contributed by atoms with Crippen LogP contribution >= 0.6 is 0 Å². The molecule has 1 unspecified atom stereocenters. The highest BCUT2D eigenvalue weighted by Gasteiger charge is 2.27. The first-order chi connectivity index (χ1) is 12.8. The normalized spacial score (nSPS) is 16.8. The summed E-state index contributed by atoms with van der Waals surface area (Å²) in [6.45, 7) is 4.35. The van der Waals surface area contributed by atoms with E-state index in [1.54, 1.807) is 0 Å². The molecule has 0 saturated heterocycles. The second kappa shape index (κ2) is 9.59. The number of nitrogens with zero attached hydrogens (tertiary/aromatic N) is 1. The SMILES string of the molecule is CCCCCC/C(=C\c1ccccc1)CN1CC(CO)c2ccccc21. The van der Waals surface area contributed by atoms with Gasteiger partial charge >= 0.3 is 0 Å². The highest BCUT2D eigenvalue weighted by Crippen LogP contribution is 2.36. The summed E-state index contributed by atoms with van der Waals surface area (Å²) in [5.41, 5.74) is 5.35. The zero-order valence-corrected chi connectivity index (χ0v) is 15.9. The lowest BCUT2D eigenvalue weighted by atomic mass is 10.0. The molecule has 0 bridgehead atoms. The summed E-state index contributed by atoms with van der Waals surface area (Å²) >= 11 is 0. The quantitative estimate of drug-likeness (QED) is 0.593. The van der Waals surface area contributed by atoms with Crippen molar-refractivity contribution in [1.29, 1.82) is 0 Å². The molecule has 0 aliphatic carbocycles. The molecular formula is C24H31NO. The minimum atomic E-state index is 0.224. The molecule has 0 spiro atoms. The Morgan fingerprint density at radius 2 is 1.81 bits per heavy atom. The predicted molar refractivity (Wildman–Crippen MR) is 112 cm³/mol. The first kappa shape index (κ1) is 18.7. The van der Waals surface area contributed by atoms with Crippen LogP contribution in [0.4, 0.5) is 5.69 Å². The summed E-state index contributed by atoms with van der Waals surface area (Å²) in [7, 11) is 0. The van der Waals surface area contributed by atoms with Gasteiger partial charge in [-0.3, -0.25) is 0 Å². The lowest BCUT2D eigenvalue weighted by Crippen LogP contribution is -2.25. The molecule has 1 N–H and O–H groups in total. The summed E-state index contributed by atoms with van der Waals surface area (Å²) in [6, 6.07) is 19.2. The molecule has 3 rings (SSSR count). The van der Waals surface area contributed by atoms with Crippen LogP contribution in [0, 0.1) is 0 Å². The fourth-order valence-corrected chi connectivity index (χ4v) is 3.90. The number of hydrogen-bond donors (Lipinski definition) is 1. The summed E-state index contributed by atoms with van der Waals surface area (Å²) < 4.78 is 0. The Morgan fingerprint density at radius 1 is 1.04 bits per heavy atom. The molecule has 26 heavy (non-hydrogen) atoms. The van der Waals surface area contributed by atoms with E-state index in [9.17, 15) is 5.11 Å². The molecule has 0 aromatic heterocycles. The van der Waals surface area contributed by atoms with Crippen molar-refractivity contribution >= 4 is 11.8 Å². The maximum atomic E-state index is 9.76. The van der Waals surface area contributed by atoms with Gasteiger partial charge in [0.25, 0.3) is 0 Å². The molecule has 0 amide bonds. The number of aliphatic hydroxyl groups excluding tert-OH is 1. The average molecular weight is 350 g/mol. The number of hydrogen-bond acceptors (Lipinski definition) is 2. The molecule has 1 atom stereocenters. The van der Waals surface area contributed by atoms with E-state index in [0.29, 0.717) is 0 Å². The van der Waals surface area contributed by atoms with Gasteiger partial charge in [0, 0.05) is 24.7 Å². The van der Waals surface area contributed by atoms with Gasteiger partial charge in [0.05, 0.1) is 6.61 Å². The Balaban J connectivity index is 1.76. The molecule has 0 fully saturated rings. The van der Waals surface area contributed by atoms with E-state index in [1.807, 2.05) is 0 Å². The molecular weight excluding hydrogens is 318 g/mol. The van der Waals surface area contributed by atoms with Crippen LogP contribution in [0.25, 0.3) is 6.08 Å². The Hall–Kier alpha value is -2.06. The fourth-order valence-electron chi connectivity index (χ4n) is 3.90. The number of anilines is 1. The van der Waals surface area contributed by atoms with Gasteiger partial charge in [-0.05, 0) is 30.0 Å². The van der Waals surface area contributed by atoms with Crippen molar-refractivity contribution in [2.24, 2.45) is 0 Å². The monoisotopic (exact) mass is 349 g/mol. The molecule has 1 heterocycles. The molecule has 0 saturated carbocycles. The van der Waals surface area contributed by atoms with Crippen LogP contribution in [0.3, 0.4) is 0 Å². The third-order valence-electron chi connectivity index (χ3n) is 5.29. The summed E-state index contributed by atoms with van der Waals surface area (Å²) in [6.07, 6.45) is 8.66. The van der Waals surface area contributed by atoms with Gasteiger partial charge in [-0.15, -0.1) is 0 Å². The van der Waals surface area contributed by atoms with Crippen LogP contribution in [0.15, 0.2) is 60.2 Å². The van der Waals surface area contributed by atoms with Crippen molar-refractivity contribution < 1.29 is 5.11 Å². The molecule has 2 aromatic rings. The van der Waals surface area contributed by atoms with Gasteiger partial charge < -0.3 is 10.0 Å². The van der Waals surface area contributed by atoms with Crippen molar-refractivity contribution in [2.45, 2.75) is 44.9 Å². The van der Waals surface area contributed by atoms with Gasteiger partial charge in [-0.1, -0.05) is 86.4 Å². The van der Waals surface area contributed by atoms with Crippen molar-refractivity contribution in [2.75, 3.05) is 24.6 Å². The molecule has 0 radical (unpaired) electrons. The molecule has 2 aromatic carbocycles. The van der Waals surface area contributed by atoms with Crippen molar-refractivity contribution in [3.8, 4) is 0 Å². The van der Waals surface area contributed by atoms with Crippen LogP contribution in [0.5, 0.6) is 0 Å². The van der Waals surface area contributed by atoms with Crippen LogP contribution in [-0.4, -0.2) is 24.8 Å². The van der Waals surface area contributed by atoms with E-state index in [2.05, 4.69) is 72.5 Å². The molecule has 138 valence electrons. The third kappa shape index (κ3) is 4.76. The maximum Gasteiger partial charge on any atom is 0.0517 e. The first-order valence-corrected chi connectivity index (χ1v) is 10.0. The third-order valence-corrected chi connectivity index (χ3v) is 5.29. The fraction of sp³-hybridized carbons (Fsp3) is 0.417. The van der Waals surface area contributed by atoms with E-state index in [1.165, 1.54) is 48.1 Å². The van der Waals surface area contributed by atoms with Gasteiger partial charge in [0.15, 0.2) is 0 Å². The highest BCUT2D eigenvalue weighted by molar-refractivity contribution is 5.62. The van der Waals surface area contributed by atoms with E-state index in [-0.39, 0.29) is 12.5 Å². The zero-order valence-electron chi connectivity index (χ0n) is 15.9. The van der Waals surface area contributed by atoms with Crippen LogP contribution < -0.4 is 4.90 Å². The number of rotatable bonds is 9. The lowest BCUT2D eigenvalue weighted by Gasteiger charge is -2.22. The maximum absolute atomic E-state index is 9.76. The van der Waals surface area contributed by atoms with Crippen LogP contribution in [-0.2, 0) is 0 Å². The number of unbranched alkanes of at least 4 members (excludes halogenated alkanes) is 3. The predicted octanol–water partition coefficient (Wildman–Crippen LogP) is 5.64. The average Bonchev–Trinajstić information content (AvgIpc) is 3.04. The van der Waals surface area contributed by atoms with E-state index >= 15 is 0 Å². The molecule has 1 aliphatic rings. The topological polar surface area (TPSA) is 23.5 Å². The summed E-state index contributed by atoms with van der Waals surface area (Å²) in [5.74, 6) is 0.240. The van der Waals surface area contributed by atoms with E-state index in [0.717, 1.165) is 19.5 Å². The Labute approximate surface area is 158 Å². The van der Waals surface area contributed by atoms with Crippen LogP contribution in [0.2, 0.25) is 0 Å². The van der Waals surface area contributed by atoms with Gasteiger partial charge in [-0.25, -0.2) is 0 Å². The number of aliphatic hydroxyl groups is 1. The molecule has 2 heteroatoms. The second-order valence-corrected chi connectivity index (χ2v) is 7.34. The van der Waals surface area contributed by atoms with Crippen LogP contribution in [0.1, 0.15) is 56.1 Å². The number of para-hydroxylation sites is 1. The minimum absolute atomic E-state index is 0.224. The Kier molecular flexibility index (Phi) is 6.90. The van der Waals surface area contributed by atoms with E-state index < -0.39 is 0 Å². The largest absolute Gasteiger partial charge is 0.396 e. The van der Waals surface area contributed by atoms with Crippen molar-refractivity contribution in [1.82, 2.24) is 0 Å². The summed E-state index contributed by atoms with van der Waals surface area (Å²) in [5, 5.41) is 9.76. The smallest absolute Gasteiger partial charge is 0.0517 e. The van der Waals surface area contributed by atoms with Crippen molar-refractivity contribution in [3.05, 3.63) is 71.3 Å². The Morgan fingerprint density at radius 3 is 2.58 bits per heavy atom. The van der Waals surface area contributed by atoms with E-state index in [4.69, 9.17) is 0 Å². The first-order valence-electron chi connectivity index (χ1n) is 10.0. The number of fused-ring (bicyclic) bond motifs is 1. The van der Waals surface area contributed by atoms with Gasteiger partial charge in [0.2, 0.25) is 0 Å². The highest BCUT2D eigenvalue weighted by atomic mass is 16.3. The standard InChI is InChI=1S/C24H31NO/c1-2-3-4-6-13-21(16-20-11-7-5-8-12-20)17-25-18-22(19-26)23-14-9-10-15-24(23)25/h5,7-12,14-16,22,26H,2-4,6,13,17-19H2,1H3/b21-16+. The second-order valence-electron chi connectivity index (χ2n) is 7.34. The minimum Gasteiger partial charge on any atom is -0.396 e. The van der Waals surface area contributed by atoms with Gasteiger partial charge in [0.1, 0.15) is 0 Å².